The van der Waals surface area contributed by atoms with Crippen LogP contribution in [0.4, 0.5) is 5.82 Å². The van der Waals surface area contributed by atoms with Crippen molar-refractivity contribution in [3.05, 3.63) is 6.20 Å². The lowest BCUT2D eigenvalue weighted by Gasteiger charge is -2.04. The number of rotatable bonds is 7. The van der Waals surface area contributed by atoms with Crippen LogP contribution in [0, 0.1) is 0 Å². The van der Waals surface area contributed by atoms with Crippen molar-refractivity contribution in [3.8, 4) is 0 Å². The van der Waals surface area contributed by atoms with Crippen molar-refractivity contribution in [2.75, 3.05) is 18.9 Å². The first kappa shape index (κ1) is 12.9. The molecule has 0 spiro atoms. The second kappa shape index (κ2) is 5.83. The number of hydrogen-bond donors (Lipinski definition) is 4. The molecule has 1 heterocycles. The first-order chi connectivity index (χ1) is 7.58. The molecule has 5 N–H and O–H groups in total. The number of H-pyrrole nitrogens is 1. The second-order valence-electron chi connectivity index (χ2n) is 3.33. The molecule has 0 saturated carbocycles. The van der Waals surface area contributed by atoms with Gasteiger partial charge in [-0.05, 0) is 19.3 Å². The summed E-state index contributed by atoms with van der Waals surface area (Å²) >= 11 is 0. The van der Waals surface area contributed by atoms with Gasteiger partial charge in [0.2, 0.25) is 10.0 Å². The molecular weight excluding hydrogens is 232 g/mol. The van der Waals surface area contributed by atoms with Crippen LogP contribution in [0.25, 0.3) is 0 Å². The van der Waals surface area contributed by atoms with E-state index in [0.29, 0.717) is 19.4 Å². The van der Waals surface area contributed by atoms with Crippen molar-refractivity contribution in [2.24, 2.45) is 0 Å². The standard InChI is InChI=1S/C8H16N4O3S/c9-8-7(6-10-12-8)16(14,15)11-4-2-1-3-5-13/h6,11,13H,1-5H2,(H3,9,10,12). The van der Waals surface area contributed by atoms with Crippen molar-refractivity contribution in [2.45, 2.75) is 24.2 Å². The highest BCUT2D eigenvalue weighted by Gasteiger charge is 2.18. The van der Waals surface area contributed by atoms with E-state index in [1.165, 1.54) is 6.20 Å². The van der Waals surface area contributed by atoms with Crippen molar-refractivity contribution in [1.29, 1.82) is 0 Å². The number of unbranched alkanes of at least 4 members (excludes halogenated alkanes) is 2. The maximum atomic E-state index is 11.6. The van der Waals surface area contributed by atoms with Gasteiger partial charge in [0.25, 0.3) is 0 Å². The number of nitrogens with one attached hydrogen (secondary N) is 2. The molecule has 0 radical (unpaired) electrons. The fourth-order valence-corrected chi connectivity index (χ4v) is 2.29. The van der Waals surface area contributed by atoms with Gasteiger partial charge in [-0.3, -0.25) is 5.10 Å². The van der Waals surface area contributed by atoms with E-state index in [4.69, 9.17) is 10.8 Å². The summed E-state index contributed by atoms with van der Waals surface area (Å²) in [5, 5.41) is 14.4. The molecule has 7 nitrogen and oxygen atoms in total. The van der Waals surface area contributed by atoms with Gasteiger partial charge in [0, 0.05) is 13.2 Å². The lowest BCUT2D eigenvalue weighted by molar-refractivity contribution is 0.283. The Labute approximate surface area is 94.1 Å². The largest absolute Gasteiger partial charge is 0.396 e. The second-order valence-corrected chi connectivity index (χ2v) is 5.07. The van der Waals surface area contributed by atoms with E-state index in [1.54, 1.807) is 0 Å². The van der Waals surface area contributed by atoms with E-state index < -0.39 is 10.0 Å². The van der Waals surface area contributed by atoms with Crippen molar-refractivity contribution in [3.63, 3.8) is 0 Å². The van der Waals surface area contributed by atoms with Crippen molar-refractivity contribution >= 4 is 15.8 Å². The van der Waals surface area contributed by atoms with Crippen LogP contribution in [-0.4, -0.2) is 36.9 Å². The van der Waals surface area contributed by atoms with E-state index in [9.17, 15) is 8.42 Å². The summed E-state index contributed by atoms with van der Waals surface area (Å²) in [6.45, 7) is 0.453. The summed E-state index contributed by atoms with van der Waals surface area (Å²) in [6, 6.07) is 0. The van der Waals surface area contributed by atoms with Crippen LogP contribution in [0.5, 0.6) is 0 Å². The Kier molecular flexibility index (Phi) is 4.71. The molecule has 0 aliphatic rings. The Morgan fingerprint density at radius 2 is 2.19 bits per heavy atom. The summed E-state index contributed by atoms with van der Waals surface area (Å²) in [5.74, 6) is 0.0304. The Bertz CT molecular complexity index is 415. The molecule has 0 amide bonds. The number of aliphatic hydroxyl groups is 1. The normalized spacial score (nSPS) is 11.8. The zero-order valence-electron chi connectivity index (χ0n) is 8.81. The molecule has 0 aliphatic heterocycles. The quantitative estimate of drug-likeness (QED) is 0.482. The highest BCUT2D eigenvalue weighted by atomic mass is 32.2. The van der Waals surface area contributed by atoms with Gasteiger partial charge in [-0.15, -0.1) is 0 Å². The fraction of sp³-hybridized carbons (Fsp3) is 0.625. The SMILES string of the molecule is Nc1[nH]ncc1S(=O)(=O)NCCCCCO. The molecule has 1 rings (SSSR count). The van der Waals surface area contributed by atoms with Crippen LogP contribution in [-0.2, 0) is 10.0 Å². The smallest absolute Gasteiger partial charge is 0.245 e. The van der Waals surface area contributed by atoms with Gasteiger partial charge in [0.05, 0.1) is 6.20 Å². The summed E-state index contributed by atoms with van der Waals surface area (Å²) in [4.78, 5) is -0.0327. The zero-order chi connectivity index (χ0) is 12.0. The molecular formula is C8H16N4O3S. The van der Waals surface area contributed by atoms with Gasteiger partial charge in [-0.2, -0.15) is 5.10 Å². The summed E-state index contributed by atoms with van der Waals surface area (Å²) in [6.07, 6.45) is 3.30. The Balaban J connectivity index is 2.45. The molecule has 0 aliphatic carbocycles. The number of anilines is 1. The highest BCUT2D eigenvalue weighted by Crippen LogP contribution is 2.13. The average Bonchev–Trinajstić information content (AvgIpc) is 2.65. The summed E-state index contributed by atoms with van der Waals surface area (Å²) in [5.41, 5.74) is 5.41. The van der Waals surface area contributed by atoms with Gasteiger partial charge < -0.3 is 10.8 Å². The molecule has 0 aromatic carbocycles. The predicted molar refractivity (Wildman–Crippen MR) is 59.1 cm³/mol. The van der Waals surface area contributed by atoms with Gasteiger partial charge in [-0.1, -0.05) is 0 Å². The molecule has 0 atom stereocenters. The third-order valence-corrected chi connectivity index (χ3v) is 3.54. The van der Waals surface area contributed by atoms with E-state index in [0.717, 1.165) is 6.42 Å². The van der Waals surface area contributed by atoms with E-state index >= 15 is 0 Å². The molecule has 1 aromatic rings. The number of nitrogens with two attached hydrogens (primary N) is 1. The summed E-state index contributed by atoms with van der Waals surface area (Å²) < 4.78 is 25.7. The molecule has 16 heavy (non-hydrogen) atoms. The molecule has 0 saturated heterocycles. The Morgan fingerprint density at radius 1 is 1.44 bits per heavy atom. The maximum absolute atomic E-state index is 11.6. The van der Waals surface area contributed by atoms with E-state index in [1.807, 2.05) is 0 Å². The monoisotopic (exact) mass is 248 g/mol. The number of aliphatic hydroxyl groups excluding tert-OH is 1. The number of sulfonamides is 1. The fourth-order valence-electron chi connectivity index (χ4n) is 1.20. The molecule has 1 aromatic heterocycles. The first-order valence-corrected chi connectivity index (χ1v) is 6.45. The zero-order valence-corrected chi connectivity index (χ0v) is 9.63. The summed E-state index contributed by atoms with van der Waals surface area (Å²) in [7, 11) is -3.57. The van der Waals surface area contributed by atoms with Crippen molar-refractivity contribution < 1.29 is 13.5 Å². The third-order valence-electron chi connectivity index (χ3n) is 2.05. The van der Waals surface area contributed by atoms with Crippen LogP contribution < -0.4 is 10.5 Å². The van der Waals surface area contributed by atoms with Crippen LogP contribution >= 0.6 is 0 Å². The lowest BCUT2D eigenvalue weighted by Crippen LogP contribution is -2.25. The van der Waals surface area contributed by atoms with Crippen molar-refractivity contribution in [1.82, 2.24) is 14.9 Å². The molecule has 0 unspecified atom stereocenters. The van der Waals surface area contributed by atoms with E-state index in [-0.39, 0.29) is 17.3 Å². The molecule has 92 valence electrons. The Morgan fingerprint density at radius 3 is 2.75 bits per heavy atom. The average molecular weight is 248 g/mol. The maximum Gasteiger partial charge on any atom is 0.245 e. The molecule has 8 heteroatoms. The van der Waals surface area contributed by atoms with Crippen LogP contribution in [0.2, 0.25) is 0 Å². The van der Waals surface area contributed by atoms with Gasteiger partial charge in [-0.25, -0.2) is 13.1 Å². The minimum absolute atomic E-state index is 0.0304. The first-order valence-electron chi connectivity index (χ1n) is 4.97. The minimum Gasteiger partial charge on any atom is -0.396 e. The number of hydrogen-bond acceptors (Lipinski definition) is 5. The third kappa shape index (κ3) is 3.47. The number of aromatic nitrogens is 2. The highest BCUT2D eigenvalue weighted by molar-refractivity contribution is 7.89. The van der Waals surface area contributed by atoms with Gasteiger partial charge >= 0.3 is 0 Å². The Hall–Kier alpha value is -1.12. The van der Waals surface area contributed by atoms with Crippen LogP contribution in [0.15, 0.2) is 11.1 Å². The minimum atomic E-state index is -3.57. The lowest BCUT2D eigenvalue weighted by atomic mass is 10.2. The topological polar surface area (TPSA) is 121 Å². The van der Waals surface area contributed by atoms with Crippen LogP contribution in [0.1, 0.15) is 19.3 Å². The number of nitrogen functional groups attached to an aromatic ring is 1. The predicted octanol–water partition coefficient (Wildman–Crippen LogP) is -0.567. The van der Waals surface area contributed by atoms with Crippen LogP contribution in [0.3, 0.4) is 0 Å². The van der Waals surface area contributed by atoms with Gasteiger partial charge in [0.15, 0.2) is 0 Å². The molecule has 0 bridgehead atoms. The molecule has 0 fully saturated rings. The van der Waals surface area contributed by atoms with E-state index in [2.05, 4.69) is 14.9 Å². The number of nitrogens with zero attached hydrogens (tertiary/aromatic N) is 1. The van der Waals surface area contributed by atoms with Gasteiger partial charge in [0.1, 0.15) is 10.7 Å². The number of aromatic amines is 1.